The summed E-state index contributed by atoms with van der Waals surface area (Å²) >= 11 is 0. The Morgan fingerprint density at radius 3 is 2.02 bits per heavy atom. The number of aryl methyl sites for hydroxylation is 2. The summed E-state index contributed by atoms with van der Waals surface area (Å²) in [6.45, 7) is 10.0. The lowest BCUT2D eigenvalue weighted by Gasteiger charge is -2.41. The minimum Gasteiger partial charge on any atom is -0.336 e. The Bertz CT molecular complexity index is 1420. The highest BCUT2D eigenvalue weighted by molar-refractivity contribution is 5.94. The number of carbonyl (C=O) groups excluding carboxylic acids is 1. The summed E-state index contributed by atoms with van der Waals surface area (Å²) < 4.78 is 81.0. The van der Waals surface area contributed by atoms with Crippen molar-refractivity contribution in [1.29, 1.82) is 0 Å². The summed E-state index contributed by atoms with van der Waals surface area (Å²) in [5.74, 6) is 5.78. The van der Waals surface area contributed by atoms with Gasteiger partial charge in [0, 0.05) is 63.5 Å². The normalized spacial score (nSPS) is 21.0. The first kappa shape index (κ1) is 35.2. The fraction of sp³-hybridized carbons (Fsp3) is 0.583. The van der Waals surface area contributed by atoms with Crippen LogP contribution in [0.15, 0.2) is 36.4 Å². The number of benzene rings is 2. The summed E-state index contributed by atoms with van der Waals surface area (Å²) in [4.78, 5) is 22.0. The predicted molar refractivity (Wildman–Crippen MR) is 170 cm³/mol. The molecule has 0 N–H and O–H groups in total. The van der Waals surface area contributed by atoms with Gasteiger partial charge in [0.1, 0.15) is 0 Å². The van der Waals surface area contributed by atoms with Crippen LogP contribution in [0.1, 0.15) is 70.3 Å². The third-order valence-electron chi connectivity index (χ3n) is 9.98. The highest BCUT2D eigenvalue weighted by atomic mass is 19.4. The number of halogens is 6. The third kappa shape index (κ3) is 9.30. The standard InChI is InChI=1S/C36H44F6N4O/c1-26-10-11-28(20-27(26)2)21-33-25-46(34(47)29-22-30(35(37,38)39)24-31(23-29)36(40,41)42)19-18-44(33)13-7-6-12-43-14-16-45(17-15-43)32-8-4-3-5-9-32/h10-11,20,22-24,32-33H,3-5,8-9,12-19,21,25H2,1-2H3. The molecule has 1 aliphatic carbocycles. The van der Waals surface area contributed by atoms with Crippen molar-refractivity contribution in [3.63, 3.8) is 0 Å². The number of hydrogen-bond donors (Lipinski definition) is 0. The molecule has 2 saturated heterocycles. The zero-order valence-electron chi connectivity index (χ0n) is 27.2. The molecule has 0 radical (unpaired) electrons. The first-order chi connectivity index (χ1) is 22.3. The van der Waals surface area contributed by atoms with E-state index < -0.39 is 35.0 Å². The van der Waals surface area contributed by atoms with Crippen molar-refractivity contribution in [2.24, 2.45) is 0 Å². The van der Waals surface area contributed by atoms with E-state index in [1.165, 1.54) is 37.0 Å². The molecule has 2 heterocycles. The summed E-state index contributed by atoms with van der Waals surface area (Å²) in [6.07, 6.45) is -2.88. The molecule has 47 heavy (non-hydrogen) atoms. The van der Waals surface area contributed by atoms with Crippen molar-refractivity contribution in [2.45, 2.75) is 76.8 Å². The van der Waals surface area contributed by atoms with Crippen molar-refractivity contribution in [3.05, 3.63) is 69.8 Å². The average molecular weight is 663 g/mol. The van der Waals surface area contributed by atoms with E-state index in [4.69, 9.17) is 0 Å². The maximum atomic E-state index is 13.5. The van der Waals surface area contributed by atoms with Crippen molar-refractivity contribution in [3.8, 4) is 11.8 Å². The van der Waals surface area contributed by atoms with Crippen LogP contribution in [0.5, 0.6) is 0 Å². The second-order valence-corrected chi connectivity index (χ2v) is 13.3. The van der Waals surface area contributed by atoms with E-state index in [0.29, 0.717) is 38.2 Å². The van der Waals surface area contributed by atoms with Gasteiger partial charge in [-0.3, -0.25) is 19.5 Å². The van der Waals surface area contributed by atoms with E-state index in [-0.39, 0.29) is 25.2 Å². The Hall–Kier alpha value is -3.07. The largest absolute Gasteiger partial charge is 0.416 e. The first-order valence-electron chi connectivity index (χ1n) is 16.6. The number of carbonyl (C=O) groups is 1. The maximum Gasteiger partial charge on any atom is 0.416 e. The Kier molecular flexibility index (Phi) is 11.2. The Labute approximate surface area is 273 Å². The van der Waals surface area contributed by atoms with E-state index in [2.05, 4.69) is 32.6 Å². The number of hydrogen-bond acceptors (Lipinski definition) is 4. The van der Waals surface area contributed by atoms with Crippen LogP contribution in [0, 0.1) is 25.7 Å². The summed E-state index contributed by atoms with van der Waals surface area (Å²) in [5, 5.41) is 0. The van der Waals surface area contributed by atoms with Gasteiger partial charge in [0.25, 0.3) is 5.91 Å². The van der Waals surface area contributed by atoms with Gasteiger partial charge in [-0.15, -0.1) is 0 Å². The molecule has 2 aromatic carbocycles. The van der Waals surface area contributed by atoms with Crippen LogP contribution in [0.3, 0.4) is 0 Å². The van der Waals surface area contributed by atoms with Crippen LogP contribution in [0.4, 0.5) is 26.3 Å². The van der Waals surface area contributed by atoms with Gasteiger partial charge < -0.3 is 4.90 Å². The summed E-state index contributed by atoms with van der Waals surface area (Å²) in [5.41, 5.74) is -0.307. The molecule has 11 heteroatoms. The van der Waals surface area contributed by atoms with E-state index in [1.807, 2.05) is 26.0 Å². The van der Waals surface area contributed by atoms with Gasteiger partial charge in [-0.2, -0.15) is 26.3 Å². The molecular formula is C36H44F6N4O. The topological polar surface area (TPSA) is 30.0 Å². The van der Waals surface area contributed by atoms with Crippen LogP contribution in [-0.2, 0) is 18.8 Å². The SMILES string of the molecule is Cc1ccc(CC2CN(C(=O)c3cc(C(F)(F)F)cc(C(F)(F)F)c3)CCN2CC#CCN2CCN(C3CCCCC3)CC2)cc1C. The zero-order valence-corrected chi connectivity index (χ0v) is 27.2. The first-order valence-corrected chi connectivity index (χ1v) is 16.6. The van der Waals surface area contributed by atoms with Crippen LogP contribution >= 0.6 is 0 Å². The molecule has 0 spiro atoms. The highest BCUT2D eigenvalue weighted by Crippen LogP contribution is 2.37. The average Bonchev–Trinajstić information content (AvgIpc) is 3.04. The van der Waals surface area contributed by atoms with Crippen molar-refractivity contribution in [1.82, 2.24) is 19.6 Å². The molecule has 0 bridgehead atoms. The van der Waals surface area contributed by atoms with E-state index >= 15 is 0 Å². The monoisotopic (exact) mass is 662 g/mol. The van der Waals surface area contributed by atoms with E-state index in [9.17, 15) is 31.1 Å². The van der Waals surface area contributed by atoms with E-state index in [1.54, 1.807) is 0 Å². The number of alkyl halides is 6. The molecule has 3 aliphatic rings. The molecule has 1 saturated carbocycles. The van der Waals surface area contributed by atoms with Crippen LogP contribution in [-0.4, -0.2) is 96.5 Å². The van der Waals surface area contributed by atoms with Gasteiger partial charge in [-0.1, -0.05) is 49.3 Å². The molecule has 1 unspecified atom stereocenters. The Morgan fingerprint density at radius 1 is 0.766 bits per heavy atom. The molecular weight excluding hydrogens is 618 g/mol. The molecule has 2 aliphatic heterocycles. The Morgan fingerprint density at radius 2 is 1.40 bits per heavy atom. The fourth-order valence-electron chi connectivity index (χ4n) is 7.00. The lowest BCUT2D eigenvalue weighted by atomic mass is 9.94. The van der Waals surface area contributed by atoms with Crippen LogP contribution in [0.25, 0.3) is 0 Å². The van der Waals surface area contributed by atoms with Gasteiger partial charge in [0.15, 0.2) is 0 Å². The maximum absolute atomic E-state index is 13.5. The summed E-state index contributed by atoms with van der Waals surface area (Å²) in [7, 11) is 0. The van der Waals surface area contributed by atoms with Gasteiger partial charge in [-0.05, 0) is 68.0 Å². The molecule has 3 fully saturated rings. The highest BCUT2D eigenvalue weighted by Gasteiger charge is 2.39. The number of piperazine rings is 2. The minimum atomic E-state index is -5.03. The second-order valence-electron chi connectivity index (χ2n) is 13.3. The smallest absolute Gasteiger partial charge is 0.336 e. The van der Waals surface area contributed by atoms with Crippen molar-refractivity contribution >= 4 is 5.91 Å². The van der Waals surface area contributed by atoms with Gasteiger partial charge in [0.05, 0.1) is 24.2 Å². The van der Waals surface area contributed by atoms with Crippen molar-refractivity contribution < 1.29 is 31.1 Å². The van der Waals surface area contributed by atoms with Gasteiger partial charge >= 0.3 is 12.4 Å². The number of rotatable bonds is 6. The van der Waals surface area contributed by atoms with Crippen LogP contribution < -0.4 is 0 Å². The lowest BCUT2D eigenvalue weighted by molar-refractivity contribution is -0.143. The van der Waals surface area contributed by atoms with Crippen molar-refractivity contribution in [2.75, 3.05) is 58.9 Å². The summed E-state index contributed by atoms with van der Waals surface area (Å²) in [6, 6.07) is 7.71. The molecule has 256 valence electrons. The predicted octanol–water partition coefficient (Wildman–Crippen LogP) is 6.66. The number of amides is 1. The molecule has 1 amide bonds. The molecule has 5 rings (SSSR count). The third-order valence-corrected chi connectivity index (χ3v) is 9.98. The van der Waals surface area contributed by atoms with E-state index in [0.717, 1.165) is 48.9 Å². The molecule has 1 atom stereocenters. The fourth-order valence-corrected chi connectivity index (χ4v) is 7.00. The Balaban J connectivity index is 1.26. The molecule has 2 aromatic rings. The lowest BCUT2D eigenvalue weighted by Crippen LogP contribution is -2.55. The van der Waals surface area contributed by atoms with Gasteiger partial charge in [0.2, 0.25) is 0 Å². The second kappa shape index (κ2) is 15.0. The van der Waals surface area contributed by atoms with Gasteiger partial charge in [-0.25, -0.2) is 0 Å². The van der Waals surface area contributed by atoms with Crippen LogP contribution in [0.2, 0.25) is 0 Å². The quantitative estimate of drug-likeness (QED) is 0.256. The minimum absolute atomic E-state index is 0.0482. The zero-order chi connectivity index (χ0) is 33.8. The molecule has 0 aromatic heterocycles. The number of nitrogens with zero attached hydrogens (tertiary/aromatic N) is 4. The molecule has 5 nitrogen and oxygen atoms in total.